The van der Waals surface area contributed by atoms with Gasteiger partial charge in [-0.3, -0.25) is 0 Å². The van der Waals surface area contributed by atoms with Gasteiger partial charge in [0.05, 0.1) is 12.8 Å². The highest BCUT2D eigenvalue weighted by atomic mass is 32.1. The summed E-state index contributed by atoms with van der Waals surface area (Å²) in [6.45, 7) is 10.5. The molecule has 1 aromatic heterocycles. The van der Waals surface area contributed by atoms with Crippen LogP contribution >= 0.6 is 11.3 Å². The van der Waals surface area contributed by atoms with E-state index in [-0.39, 0.29) is 0 Å². The molecule has 0 saturated carbocycles. The number of hydrogen-bond acceptors (Lipinski definition) is 5. The monoisotopic (exact) mass is 317 g/mol. The van der Waals surface area contributed by atoms with Crippen LogP contribution in [0.15, 0.2) is 12.1 Å². The second kappa shape index (κ2) is 6.26. The van der Waals surface area contributed by atoms with Crippen LogP contribution in [0.1, 0.15) is 16.0 Å². The van der Waals surface area contributed by atoms with Crippen LogP contribution in [-0.2, 0) is 0 Å². The summed E-state index contributed by atoms with van der Waals surface area (Å²) in [5.74, 6) is 0.936. The Balaban J connectivity index is 2.03. The number of rotatable bonds is 3. The molecular formula is C17H23N3OS. The molecule has 0 atom stereocenters. The zero-order valence-electron chi connectivity index (χ0n) is 13.7. The predicted octanol–water partition coefficient (Wildman–Crippen LogP) is 3.15. The molecule has 0 amide bonds. The number of piperazine rings is 1. The summed E-state index contributed by atoms with van der Waals surface area (Å²) in [4.78, 5) is 8.55. The van der Waals surface area contributed by atoms with Gasteiger partial charge < -0.3 is 15.0 Å². The number of aryl methyl sites for hydroxylation is 3. The summed E-state index contributed by atoms with van der Waals surface area (Å²) < 4.78 is 5.64. The van der Waals surface area contributed by atoms with E-state index in [4.69, 9.17) is 9.72 Å². The van der Waals surface area contributed by atoms with Crippen molar-refractivity contribution in [3.63, 3.8) is 0 Å². The second-order valence-corrected chi connectivity index (χ2v) is 6.98. The molecule has 22 heavy (non-hydrogen) atoms. The minimum Gasteiger partial charge on any atom is -0.496 e. The summed E-state index contributed by atoms with van der Waals surface area (Å²) in [6, 6.07) is 4.33. The van der Waals surface area contributed by atoms with E-state index in [1.165, 1.54) is 10.4 Å². The van der Waals surface area contributed by atoms with Gasteiger partial charge in [-0.05, 0) is 38.0 Å². The Bertz CT molecular complexity index is 675. The second-order valence-electron chi connectivity index (χ2n) is 5.80. The Morgan fingerprint density at radius 3 is 2.59 bits per heavy atom. The van der Waals surface area contributed by atoms with Gasteiger partial charge in [-0.1, -0.05) is 6.07 Å². The number of anilines is 1. The molecule has 0 spiro atoms. The zero-order chi connectivity index (χ0) is 15.7. The fourth-order valence-electron chi connectivity index (χ4n) is 3.02. The Labute approximate surface area is 136 Å². The van der Waals surface area contributed by atoms with E-state index in [2.05, 4.69) is 43.1 Å². The molecule has 2 aromatic rings. The van der Waals surface area contributed by atoms with E-state index >= 15 is 0 Å². The maximum absolute atomic E-state index is 5.64. The van der Waals surface area contributed by atoms with E-state index < -0.39 is 0 Å². The molecule has 118 valence electrons. The smallest absolute Gasteiger partial charge is 0.186 e. The van der Waals surface area contributed by atoms with E-state index in [0.717, 1.165) is 53.9 Å². The summed E-state index contributed by atoms with van der Waals surface area (Å²) in [5.41, 5.74) is 4.57. The van der Waals surface area contributed by atoms with E-state index in [9.17, 15) is 0 Å². The topological polar surface area (TPSA) is 37.4 Å². The number of benzene rings is 1. The normalized spacial score (nSPS) is 15.2. The van der Waals surface area contributed by atoms with Crippen LogP contribution in [0.3, 0.4) is 0 Å². The highest BCUT2D eigenvalue weighted by Crippen LogP contribution is 2.39. The van der Waals surface area contributed by atoms with Crippen molar-refractivity contribution < 1.29 is 4.74 Å². The van der Waals surface area contributed by atoms with Gasteiger partial charge in [0.25, 0.3) is 0 Å². The largest absolute Gasteiger partial charge is 0.496 e. The third-order valence-corrected chi connectivity index (χ3v) is 5.08. The summed E-state index contributed by atoms with van der Waals surface area (Å²) in [6.07, 6.45) is 0. The highest BCUT2D eigenvalue weighted by molar-refractivity contribution is 7.16. The van der Waals surface area contributed by atoms with Crippen LogP contribution in [-0.4, -0.2) is 38.3 Å². The number of methoxy groups -OCH3 is 1. The SMILES string of the molecule is COc1c(C)cc(C)cc1-c1nc(N2CCNCC2)sc1C. The third kappa shape index (κ3) is 2.83. The molecular weight excluding hydrogens is 294 g/mol. The number of nitrogens with zero attached hydrogens (tertiary/aromatic N) is 2. The number of aromatic nitrogens is 1. The molecule has 1 aromatic carbocycles. The van der Waals surface area contributed by atoms with Crippen molar-refractivity contribution in [2.45, 2.75) is 20.8 Å². The van der Waals surface area contributed by atoms with E-state index in [1.807, 2.05) is 0 Å². The lowest BCUT2D eigenvalue weighted by Crippen LogP contribution is -2.43. The fourth-order valence-corrected chi connectivity index (χ4v) is 4.00. The highest BCUT2D eigenvalue weighted by Gasteiger charge is 2.20. The lowest BCUT2D eigenvalue weighted by atomic mass is 10.0. The van der Waals surface area contributed by atoms with Gasteiger partial charge >= 0.3 is 0 Å². The predicted molar refractivity (Wildman–Crippen MR) is 93.4 cm³/mol. The zero-order valence-corrected chi connectivity index (χ0v) is 14.5. The first-order chi connectivity index (χ1) is 10.6. The molecule has 0 radical (unpaired) electrons. The summed E-state index contributed by atoms with van der Waals surface area (Å²) >= 11 is 1.78. The Hall–Kier alpha value is -1.59. The molecule has 1 aliphatic rings. The first-order valence-corrected chi connectivity index (χ1v) is 8.50. The van der Waals surface area contributed by atoms with Gasteiger partial charge in [-0.25, -0.2) is 4.98 Å². The number of nitrogens with one attached hydrogen (secondary N) is 1. The lowest BCUT2D eigenvalue weighted by molar-refractivity contribution is 0.413. The van der Waals surface area contributed by atoms with Gasteiger partial charge in [-0.2, -0.15) is 0 Å². The Morgan fingerprint density at radius 2 is 1.91 bits per heavy atom. The molecule has 0 unspecified atom stereocenters. The molecule has 3 rings (SSSR count). The molecule has 1 saturated heterocycles. The first-order valence-electron chi connectivity index (χ1n) is 7.69. The molecule has 0 bridgehead atoms. The number of ether oxygens (including phenoxy) is 1. The Kier molecular flexibility index (Phi) is 4.36. The number of hydrogen-bond donors (Lipinski definition) is 1. The van der Waals surface area contributed by atoms with Crippen LogP contribution in [0, 0.1) is 20.8 Å². The van der Waals surface area contributed by atoms with Crippen molar-refractivity contribution in [3.05, 3.63) is 28.1 Å². The van der Waals surface area contributed by atoms with Crippen molar-refractivity contribution in [1.82, 2.24) is 10.3 Å². The molecule has 1 fully saturated rings. The average Bonchev–Trinajstić information content (AvgIpc) is 2.89. The van der Waals surface area contributed by atoms with Crippen molar-refractivity contribution in [3.8, 4) is 17.0 Å². The van der Waals surface area contributed by atoms with Gasteiger partial charge in [0.15, 0.2) is 5.13 Å². The van der Waals surface area contributed by atoms with Gasteiger partial charge in [0, 0.05) is 36.6 Å². The van der Waals surface area contributed by atoms with Crippen molar-refractivity contribution >= 4 is 16.5 Å². The minimum absolute atomic E-state index is 0.936. The van der Waals surface area contributed by atoms with Gasteiger partial charge in [0.1, 0.15) is 5.75 Å². The first kappa shape index (κ1) is 15.3. The van der Waals surface area contributed by atoms with Gasteiger partial charge in [0.2, 0.25) is 0 Å². The maximum atomic E-state index is 5.64. The Morgan fingerprint density at radius 1 is 1.18 bits per heavy atom. The number of thiazole rings is 1. The minimum atomic E-state index is 0.936. The van der Waals surface area contributed by atoms with Crippen LogP contribution in [0.25, 0.3) is 11.3 Å². The van der Waals surface area contributed by atoms with Crippen LogP contribution < -0.4 is 15.0 Å². The molecule has 1 aliphatic heterocycles. The maximum Gasteiger partial charge on any atom is 0.186 e. The van der Waals surface area contributed by atoms with Crippen molar-refractivity contribution in [2.24, 2.45) is 0 Å². The van der Waals surface area contributed by atoms with Gasteiger partial charge in [-0.15, -0.1) is 11.3 Å². The summed E-state index contributed by atoms with van der Waals surface area (Å²) in [5, 5.41) is 4.51. The lowest BCUT2D eigenvalue weighted by Gasteiger charge is -2.26. The quantitative estimate of drug-likeness (QED) is 0.943. The molecule has 2 heterocycles. The third-order valence-electron chi connectivity index (χ3n) is 4.05. The van der Waals surface area contributed by atoms with Crippen molar-refractivity contribution in [1.29, 1.82) is 0 Å². The molecule has 4 nitrogen and oxygen atoms in total. The molecule has 5 heteroatoms. The van der Waals surface area contributed by atoms with Crippen LogP contribution in [0.4, 0.5) is 5.13 Å². The standard InChI is InChI=1S/C17H23N3OS/c1-11-9-12(2)16(21-4)14(10-11)15-13(3)22-17(19-15)20-7-5-18-6-8-20/h9-10,18H,5-8H2,1-4H3. The van der Waals surface area contributed by atoms with Crippen molar-refractivity contribution in [2.75, 3.05) is 38.2 Å². The average molecular weight is 317 g/mol. The molecule has 0 aliphatic carbocycles. The summed E-state index contributed by atoms with van der Waals surface area (Å²) in [7, 11) is 1.74. The van der Waals surface area contributed by atoms with E-state index in [0.29, 0.717) is 0 Å². The molecule has 1 N–H and O–H groups in total. The fraction of sp³-hybridized carbons (Fsp3) is 0.471. The van der Waals surface area contributed by atoms with Crippen LogP contribution in [0.5, 0.6) is 5.75 Å². The van der Waals surface area contributed by atoms with E-state index in [1.54, 1.807) is 18.4 Å². The van der Waals surface area contributed by atoms with Crippen LogP contribution in [0.2, 0.25) is 0 Å².